The van der Waals surface area contributed by atoms with E-state index < -0.39 is 24.3 Å². The normalized spacial score (nSPS) is 15.0. The molecule has 12 nitrogen and oxygen atoms in total. The third-order valence-corrected chi connectivity index (χ3v) is 7.83. The summed E-state index contributed by atoms with van der Waals surface area (Å²) in [6.45, 7) is 5.93. The highest BCUT2D eigenvalue weighted by Gasteiger charge is 2.32. The second-order valence-corrected chi connectivity index (χ2v) is 11.4. The van der Waals surface area contributed by atoms with Gasteiger partial charge in [0.15, 0.2) is 29.2 Å². The number of allylic oxidation sites excluding steroid dienone is 1. The number of urea groups is 1. The number of aliphatic hydroxyl groups is 1. The minimum Gasteiger partial charge on any atom is -0.490 e. The Morgan fingerprint density at radius 3 is 2.42 bits per heavy atom. The van der Waals surface area contributed by atoms with Gasteiger partial charge in [-0.05, 0) is 73.9 Å². The minimum atomic E-state index is -1.20. The minimum absolute atomic E-state index is 0.186. The van der Waals surface area contributed by atoms with E-state index in [2.05, 4.69) is 21.2 Å². The molecule has 1 heterocycles. The molecule has 1 aliphatic rings. The quantitative estimate of drug-likeness (QED) is 0.0628. The molecule has 15 heteroatoms. The number of hydrazone groups is 1. The van der Waals surface area contributed by atoms with E-state index in [1.54, 1.807) is 62.4 Å². The number of nitrogens with one attached hydrogen (secondary N) is 3. The van der Waals surface area contributed by atoms with Crippen molar-refractivity contribution in [3.63, 3.8) is 0 Å². The number of ether oxygens (including phenoxy) is 5. The van der Waals surface area contributed by atoms with E-state index >= 15 is 0 Å². The molecule has 2 amide bonds. The lowest BCUT2D eigenvalue weighted by atomic mass is 9.95. The van der Waals surface area contributed by atoms with Gasteiger partial charge in [-0.3, -0.25) is 5.43 Å². The van der Waals surface area contributed by atoms with Gasteiger partial charge in [0.05, 0.1) is 53.2 Å². The lowest BCUT2D eigenvalue weighted by Crippen LogP contribution is -2.45. The standard InChI is InChI=1S/C33H35Cl3N4O8/c1-5-45-26-14-21(30-29(32(42)44-4)18(3)38-33(43)39-30)8-10-25(26)47-17-28(41)40-37-15-20-12-24(36)31(27(13-20)46-6-2)48-16-19-7-9-22(34)23(35)11-19/h7-15,28,30,40-41H,5-6,16-17H2,1-4H3,(H2,38,39,43)/b37-15-/t28-,30-/m1/s1. The van der Waals surface area contributed by atoms with Crippen LogP contribution < -0.4 is 35.0 Å². The summed E-state index contributed by atoms with van der Waals surface area (Å²) in [5, 5.41) is 21.1. The van der Waals surface area contributed by atoms with E-state index in [9.17, 15) is 14.7 Å². The molecule has 0 spiro atoms. The number of hydrogen-bond donors (Lipinski definition) is 4. The van der Waals surface area contributed by atoms with Crippen molar-refractivity contribution < 1.29 is 38.4 Å². The summed E-state index contributed by atoms with van der Waals surface area (Å²) < 4.78 is 28.2. The Labute approximate surface area is 292 Å². The maximum Gasteiger partial charge on any atom is 0.337 e. The molecule has 0 unspecified atom stereocenters. The van der Waals surface area contributed by atoms with Gasteiger partial charge in [-0.2, -0.15) is 5.10 Å². The first-order valence-electron chi connectivity index (χ1n) is 14.8. The fourth-order valence-electron chi connectivity index (χ4n) is 4.67. The molecule has 48 heavy (non-hydrogen) atoms. The molecule has 3 aromatic rings. The van der Waals surface area contributed by atoms with Crippen LogP contribution in [-0.4, -0.2) is 56.5 Å². The lowest BCUT2D eigenvalue weighted by Gasteiger charge is -2.28. The number of nitrogens with zero attached hydrogens (tertiary/aromatic N) is 1. The van der Waals surface area contributed by atoms with Crippen molar-refractivity contribution in [3.8, 4) is 23.0 Å². The predicted molar refractivity (Wildman–Crippen MR) is 182 cm³/mol. The molecule has 0 saturated carbocycles. The number of carbonyl (C=O) groups excluding carboxylic acids is 2. The molecule has 256 valence electrons. The number of benzene rings is 3. The smallest absolute Gasteiger partial charge is 0.337 e. The molecule has 3 aromatic carbocycles. The molecular weight excluding hydrogens is 687 g/mol. The number of carbonyl (C=O) groups is 2. The Bertz CT molecular complexity index is 1700. The molecule has 0 fully saturated rings. The van der Waals surface area contributed by atoms with Crippen molar-refractivity contribution in [2.75, 3.05) is 26.9 Å². The lowest BCUT2D eigenvalue weighted by molar-refractivity contribution is -0.136. The summed E-state index contributed by atoms with van der Waals surface area (Å²) in [5.74, 6) is 0.860. The molecular formula is C33H35Cl3N4O8. The van der Waals surface area contributed by atoms with E-state index in [-0.39, 0.29) is 18.8 Å². The Balaban J connectivity index is 1.40. The number of aliphatic hydroxyl groups excluding tert-OH is 1. The molecule has 4 N–H and O–H groups in total. The summed E-state index contributed by atoms with van der Waals surface area (Å²) in [5.41, 5.74) is 5.19. The average molecular weight is 722 g/mol. The molecule has 0 radical (unpaired) electrons. The van der Waals surface area contributed by atoms with Crippen molar-refractivity contribution >= 4 is 53.0 Å². The van der Waals surface area contributed by atoms with Crippen molar-refractivity contribution in [1.82, 2.24) is 16.1 Å². The third kappa shape index (κ3) is 9.38. The number of hydrogen-bond acceptors (Lipinski definition) is 10. The van der Waals surface area contributed by atoms with Crippen LogP contribution in [0.4, 0.5) is 4.79 Å². The van der Waals surface area contributed by atoms with Crippen LogP contribution >= 0.6 is 34.8 Å². The highest BCUT2D eigenvalue weighted by molar-refractivity contribution is 6.42. The zero-order valence-corrected chi connectivity index (χ0v) is 28.8. The van der Waals surface area contributed by atoms with Crippen molar-refractivity contribution in [3.05, 3.63) is 91.6 Å². The second kappa shape index (κ2) is 17.2. The number of methoxy groups -OCH3 is 1. The number of amides is 2. The van der Waals surface area contributed by atoms with Gasteiger partial charge in [0.2, 0.25) is 0 Å². The van der Waals surface area contributed by atoms with Crippen LogP contribution in [0.15, 0.2) is 64.9 Å². The maximum absolute atomic E-state index is 12.5. The Morgan fingerprint density at radius 1 is 0.958 bits per heavy atom. The summed E-state index contributed by atoms with van der Waals surface area (Å²) in [7, 11) is 1.27. The van der Waals surface area contributed by atoms with E-state index in [1.807, 2.05) is 6.92 Å². The van der Waals surface area contributed by atoms with Crippen LogP contribution in [0.3, 0.4) is 0 Å². The zero-order valence-electron chi connectivity index (χ0n) is 26.6. The summed E-state index contributed by atoms with van der Waals surface area (Å²) in [4.78, 5) is 24.7. The van der Waals surface area contributed by atoms with Crippen LogP contribution in [-0.2, 0) is 16.1 Å². The van der Waals surface area contributed by atoms with Crippen molar-refractivity contribution in [2.45, 2.75) is 39.6 Å². The van der Waals surface area contributed by atoms with Crippen molar-refractivity contribution in [2.24, 2.45) is 5.10 Å². The zero-order chi connectivity index (χ0) is 34.8. The summed E-state index contributed by atoms with van der Waals surface area (Å²) >= 11 is 18.6. The second-order valence-electron chi connectivity index (χ2n) is 10.2. The average Bonchev–Trinajstić information content (AvgIpc) is 3.05. The Kier molecular flexibility index (Phi) is 13.0. The van der Waals surface area contributed by atoms with Gasteiger partial charge >= 0.3 is 12.0 Å². The number of halogens is 3. The predicted octanol–water partition coefficient (Wildman–Crippen LogP) is 6.15. The fourth-order valence-corrected chi connectivity index (χ4v) is 5.26. The van der Waals surface area contributed by atoms with Crippen LogP contribution in [0, 0.1) is 0 Å². The molecule has 0 aromatic heterocycles. The molecule has 0 saturated heterocycles. The molecule has 0 aliphatic carbocycles. The first-order valence-corrected chi connectivity index (χ1v) is 15.9. The first kappa shape index (κ1) is 36.5. The van der Waals surface area contributed by atoms with E-state index in [1.165, 1.54) is 13.3 Å². The largest absolute Gasteiger partial charge is 0.490 e. The monoisotopic (exact) mass is 720 g/mol. The van der Waals surface area contributed by atoms with Gasteiger partial charge < -0.3 is 39.4 Å². The van der Waals surface area contributed by atoms with Crippen LogP contribution in [0.25, 0.3) is 0 Å². The maximum atomic E-state index is 12.5. The SMILES string of the molecule is CCOc1cc([C@H]2NC(=O)NC(C)=C2C(=O)OC)ccc1OC[C@@H](O)N/N=C\c1cc(Cl)c(OCc2ccc(Cl)c(Cl)c2)c(OCC)c1. The Hall–Kier alpha value is -4.36. The highest BCUT2D eigenvalue weighted by Crippen LogP contribution is 2.38. The highest BCUT2D eigenvalue weighted by atomic mass is 35.5. The molecule has 2 atom stereocenters. The fraction of sp³-hybridized carbons (Fsp3) is 0.303. The molecule has 0 bridgehead atoms. The molecule has 4 rings (SSSR count). The molecule has 1 aliphatic heterocycles. The van der Waals surface area contributed by atoms with E-state index in [0.29, 0.717) is 68.1 Å². The summed E-state index contributed by atoms with van der Waals surface area (Å²) in [6, 6.07) is 12.3. The van der Waals surface area contributed by atoms with Gasteiger partial charge in [0, 0.05) is 5.70 Å². The third-order valence-electron chi connectivity index (χ3n) is 6.81. The number of esters is 1. The first-order chi connectivity index (χ1) is 23.0. The van der Waals surface area contributed by atoms with Gasteiger partial charge in [-0.1, -0.05) is 46.9 Å². The van der Waals surface area contributed by atoms with E-state index in [4.69, 9.17) is 58.5 Å². The van der Waals surface area contributed by atoms with Crippen LogP contribution in [0.1, 0.15) is 43.5 Å². The van der Waals surface area contributed by atoms with Gasteiger partial charge in [0.1, 0.15) is 13.2 Å². The van der Waals surface area contributed by atoms with Crippen LogP contribution in [0.2, 0.25) is 15.1 Å². The van der Waals surface area contributed by atoms with Gasteiger partial charge in [-0.25, -0.2) is 9.59 Å². The Morgan fingerprint density at radius 2 is 1.71 bits per heavy atom. The number of rotatable bonds is 15. The van der Waals surface area contributed by atoms with Crippen LogP contribution in [0.5, 0.6) is 23.0 Å². The summed E-state index contributed by atoms with van der Waals surface area (Å²) in [6.07, 6.45) is 0.258. The topological polar surface area (TPSA) is 149 Å². The van der Waals surface area contributed by atoms with Gasteiger partial charge in [-0.15, -0.1) is 0 Å². The van der Waals surface area contributed by atoms with E-state index in [0.717, 1.165) is 5.56 Å². The van der Waals surface area contributed by atoms with Gasteiger partial charge in [0.25, 0.3) is 0 Å². The van der Waals surface area contributed by atoms with Crippen molar-refractivity contribution in [1.29, 1.82) is 0 Å².